The molecule has 0 fully saturated rings. The third kappa shape index (κ3) is 3.89. The topological polar surface area (TPSA) is 84.6 Å². The van der Waals surface area contributed by atoms with Crippen molar-refractivity contribution in [3.63, 3.8) is 0 Å². The lowest BCUT2D eigenvalue weighted by atomic mass is 10.1. The van der Waals surface area contributed by atoms with E-state index in [9.17, 15) is 9.18 Å². The minimum absolute atomic E-state index is 0.223. The number of nitrogens with one attached hydrogen (secondary N) is 1. The summed E-state index contributed by atoms with van der Waals surface area (Å²) < 4.78 is 18.3. The van der Waals surface area contributed by atoms with Crippen LogP contribution in [0.25, 0.3) is 0 Å². The Morgan fingerprint density at radius 1 is 1.50 bits per heavy atom. The second kappa shape index (κ2) is 6.80. The maximum atomic E-state index is 13.4. The van der Waals surface area contributed by atoms with Gasteiger partial charge in [-0.05, 0) is 25.0 Å². The fourth-order valence-corrected chi connectivity index (χ4v) is 1.50. The molecule has 0 saturated carbocycles. The maximum absolute atomic E-state index is 13.4. The van der Waals surface area contributed by atoms with Gasteiger partial charge in [-0.25, -0.2) is 9.18 Å². The Balaban J connectivity index is 2.62. The summed E-state index contributed by atoms with van der Waals surface area (Å²) in [7, 11) is 1.63. The van der Waals surface area contributed by atoms with Crippen LogP contribution in [0.15, 0.2) is 12.1 Å². The molecule has 5 nitrogen and oxygen atoms in total. The molecule has 0 bridgehead atoms. The average Bonchev–Trinajstić information content (AvgIpc) is 2.32. The number of ether oxygens (including phenoxy) is 1. The molecule has 0 aromatic heterocycles. The van der Waals surface area contributed by atoms with E-state index in [2.05, 4.69) is 5.32 Å². The highest BCUT2D eigenvalue weighted by molar-refractivity contribution is 5.90. The summed E-state index contributed by atoms with van der Waals surface area (Å²) in [5, 5.41) is 11.7. The first-order valence-corrected chi connectivity index (χ1v) is 5.61. The first-order chi connectivity index (χ1) is 8.56. The van der Waals surface area contributed by atoms with Crippen LogP contribution >= 0.6 is 0 Å². The number of carbonyl (C=O) groups is 1. The van der Waals surface area contributed by atoms with Crippen molar-refractivity contribution in [2.75, 3.05) is 31.3 Å². The van der Waals surface area contributed by atoms with Crippen molar-refractivity contribution < 1.29 is 19.0 Å². The van der Waals surface area contributed by atoms with Gasteiger partial charge in [0.05, 0.1) is 16.9 Å². The summed E-state index contributed by atoms with van der Waals surface area (Å²) in [6.07, 6.45) is 1.74. The Labute approximate surface area is 105 Å². The van der Waals surface area contributed by atoms with Crippen molar-refractivity contribution in [2.45, 2.75) is 12.8 Å². The van der Waals surface area contributed by atoms with Crippen LogP contribution in [0.2, 0.25) is 0 Å². The summed E-state index contributed by atoms with van der Waals surface area (Å²) in [5.74, 6) is -2.12. The molecule has 1 rings (SSSR count). The van der Waals surface area contributed by atoms with Crippen molar-refractivity contribution in [1.29, 1.82) is 0 Å². The molecule has 0 amide bonds. The van der Waals surface area contributed by atoms with Crippen molar-refractivity contribution >= 4 is 17.3 Å². The van der Waals surface area contributed by atoms with Gasteiger partial charge >= 0.3 is 5.97 Å². The molecule has 6 heteroatoms. The van der Waals surface area contributed by atoms with Gasteiger partial charge < -0.3 is 20.9 Å². The molecule has 0 saturated heterocycles. The highest BCUT2D eigenvalue weighted by atomic mass is 19.1. The number of rotatable bonds is 7. The van der Waals surface area contributed by atoms with Gasteiger partial charge in [-0.1, -0.05) is 0 Å². The van der Waals surface area contributed by atoms with E-state index in [1.165, 1.54) is 0 Å². The van der Waals surface area contributed by atoms with Gasteiger partial charge in [-0.15, -0.1) is 0 Å². The van der Waals surface area contributed by atoms with Crippen LogP contribution in [-0.4, -0.2) is 31.3 Å². The SMILES string of the molecule is COCCCCNc1cc(F)c(C(=O)O)cc1N. The molecule has 18 heavy (non-hydrogen) atoms. The summed E-state index contributed by atoms with van der Waals surface area (Å²) in [6, 6.07) is 2.23. The van der Waals surface area contributed by atoms with Gasteiger partial charge in [0.2, 0.25) is 0 Å². The Morgan fingerprint density at radius 3 is 2.83 bits per heavy atom. The Kier molecular flexibility index (Phi) is 5.38. The van der Waals surface area contributed by atoms with Crippen LogP contribution in [0.4, 0.5) is 15.8 Å². The van der Waals surface area contributed by atoms with Crippen molar-refractivity contribution in [2.24, 2.45) is 0 Å². The number of hydrogen-bond donors (Lipinski definition) is 3. The molecule has 0 aliphatic carbocycles. The molecule has 0 unspecified atom stereocenters. The molecule has 0 spiro atoms. The van der Waals surface area contributed by atoms with Crippen LogP contribution in [0, 0.1) is 5.82 Å². The number of unbranched alkanes of at least 4 members (excludes halogenated alkanes) is 1. The monoisotopic (exact) mass is 256 g/mol. The normalized spacial score (nSPS) is 10.3. The fraction of sp³-hybridized carbons (Fsp3) is 0.417. The van der Waals surface area contributed by atoms with E-state index in [4.69, 9.17) is 15.6 Å². The number of hydrogen-bond acceptors (Lipinski definition) is 4. The molecular formula is C12H17FN2O3. The minimum Gasteiger partial charge on any atom is -0.478 e. The molecule has 1 aromatic rings. The van der Waals surface area contributed by atoms with E-state index in [0.29, 0.717) is 18.8 Å². The summed E-state index contributed by atoms with van der Waals surface area (Å²) >= 11 is 0. The van der Waals surface area contributed by atoms with Crippen molar-refractivity contribution in [3.05, 3.63) is 23.5 Å². The van der Waals surface area contributed by atoms with E-state index in [1.807, 2.05) is 0 Å². The zero-order valence-corrected chi connectivity index (χ0v) is 10.2. The van der Waals surface area contributed by atoms with Crippen LogP contribution in [0.1, 0.15) is 23.2 Å². The van der Waals surface area contributed by atoms with Crippen LogP contribution in [0.5, 0.6) is 0 Å². The van der Waals surface area contributed by atoms with E-state index in [0.717, 1.165) is 25.0 Å². The molecule has 0 heterocycles. The molecular weight excluding hydrogens is 239 g/mol. The maximum Gasteiger partial charge on any atom is 0.338 e. The zero-order valence-electron chi connectivity index (χ0n) is 10.2. The van der Waals surface area contributed by atoms with Crippen molar-refractivity contribution in [3.8, 4) is 0 Å². The van der Waals surface area contributed by atoms with Gasteiger partial charge in [-0.2, -0.15) is 0 Å². The summed E-state index contributed by atoms with van der Waals surface area (Å²) in [6.45, 7) is 1.29. The van der Waals surface area contributed by atoms with Crippen LogP contribution in [-0.2, 0) is 4.74 Å². The number of anilines is 2. The Hall–Kier alpha value is -1.82. The summed E-state index contributed by atoms with van der Waals surface area (Å²) in [4.78, 5) is 10.7. The van der Waals surface area contributed by atoms with Crippen LogP contribution < -0.4 is 11.1 Å². The first-order valence-electron chi connectivity index (χ1n) is 5.61. The number of benzene rings is 1. The van der Waals surface area contributed by atoms with Gasteiger partial charge in [0.1, 0.15) is 5.82 Å². The zero-order chi connectivity index (χ0) is 13.5. The number of methoxy groups -OCH3 is 1. The number of nitrogens with two attached hydrogens (primary N) is 1. The minimum atomic E-state index is -1.33. The highest BCUT2D eigenvalue weighted by Gasteiger charge is 2.13. The third-order valence-electron chi connectivity index (χ3n) is 2.46. The lowest BCUT2D eigenvalue weighted by molar-refractivity contribution is 0.0692. The number of halogens is 1. The van der Waals surface area contributed by atoms with Crippen LogP contribution in [0.3, 0.4) is 0 Å². The Morgan fingerprint density at radius 2 is 2.22 bits per heavy atom. The quantitative estimate of drug-likeness (QED) is 0.513. The predicted octanol–water partition coefficient (Wildman–Crippen LogP) is 1.94. The van der Waals surface area contributed by atoms with Gasteiger partial charge in [-0.3, -0.25) is 0 Å². The molecule has 0 aliphatic heterocycles. The second-order valence-corrected chi connectivity index (χ2v) is 3.85. The fourth-order valence-electron chi connectivity index (χ4n) is 1.50. The summed E-state index contributed by atoms with van der Waals surface area (Å²) in [5.41, 5.74) is 5.87. The number of aromatic carboxylic acids is 1. The number of carboxylic acids is 1. The standard InChI is InChI=1S/C12H17FN2O3/c1-18-5-3-2-4-15-11-7-9(13)8(12(16)17)6-10(11)14/h6-7,15H,2-5,14H2,1H3,(H,16,17). The number of carboxylic acid groups (broad SMARTS) is 1. The molecule has 100 valence electrons. The lowest BCUT2D eigenvalue weighted by Gasteiger charge is -2.10. The lowest BCUT2D eigenvalue weighted by Crippen LogP contribution is -2.08. The molecule has 0 atom stereocenters. The second-order valence-electron chi connectivity index (χ2n) is 3.85. The van der Waals surface area contributed by atoms with E-state index in [1.54, 1.807) is 7.11 Å². The van der Waals surface area contributed by atoms with Gasteiger partial charge in [0.15, 0.2) is 0 Å². The average molecular weight is 256 g/mol. The van der Waals surface area contributed by atoms with Gasteiger partial charge in [0.25, 0.3) is 0 Å². The number of nitrogen functional groups attached to an aromatic ring is 1. The Bertz CT molecular complexity index is 424. The molecule has 4 N–H and O–H groups in total. The van der Waals surface area contributed by atoms with Gasteiger partial charge in [0, 0.05) is 20.3 Å². The molecule has 0 radical (unpaired) electrons. The van der Waals surface area contributed by atoms with E-state index >= 15 is 0 Å². The molecule has 1 aromatic carbocycles. The van der Waals surface area contributed by atoms with E-state index in [-0.39, 0.29) is 5.69 Å². The molecule has 0 aliphatic rings. The predicted molar refractivity (Wildman–Crippen MR) is 67.4 cm³/mol. The smallest absolute Gasteiger partial charge is 0.338 e. The largest absolute Gasteiger partial charge is 0.478 e. The van der Waals surface area contributed by atoms with Crippen molar-refractivity contribution in [1.82, 2.24) is 0 Å². The highest BCUT2D eigenvalue weighted by Crippen LogP contribution is 2.23. The van der Waals surface area contributed by atoms with E-state index < -0.39 is 17.3 Å². The third-order valence-corrected chi connectivity index (χ3v) is 2.46. The first kappa shape index (κ1) is 14.2.